The van der Waals surface area contributed by atoms with Crippen molar-refractivity contribution in [1.29, 1.82) is 0 Å². The molecule has 0 aromatic heterocycles. The summed E-state index contributed by atoms with van der Waals surface area (Å²) < 4.78 is 0. The van der Waals surface area contributed by atoms with Crippen molar-refractivity contribution < 1.29 is 19.5 Å². The lowest BCUT2D eigenvalue weighted by atomic mass is 10.0. The Balaban J connectivity index is 2.33. The highest BCUT2D eigenvalue weighted by molar-refractivity contribution is 6.05. The molecule has 0 unspecified atom stereocenters. The molecule has 3 N–H and O–H groups in total. The van der Waals surface area contributed by atoms with Gasteiger partial charge in [0.05, 0.1) is 6.04 Å². The molecule has 0 radical (unpaired) electrons. The Morgan fingerprint density at radius 2 is 1.84 bits per heavy atom. The number of aliphatic carboxylic acids is 1. The standard InChI is InChI=1S/C18H25N3O4/c1-10(2)15(20-16(22)11(3)19-4)17(23)21-13-8-6-5-7-12(13)9-14(21)18(24)25/h5-8,10-11,14-15,19H,9H2,1-4H3,(H,20,22)(H,24,25)/t11-,14-,15-/m0/s1. The van der Waals surface area contributed by atoms with Crippen LogP contribution in [0.25, 0.3) is 0 Å². The van der Waals surface area contributed by atoms with Crippen molar-refractivity contribution in [3.8, 4) is 0 Å². The summed E-state index contributed by atoms with van der Waals surface area (Å²) in [6.07, 6.45) is 0.267. The van der Waals surface area contributed by atoms with Gasteiger partial charge in [0, 0.05) is 12.1 Å². The average molecular weight is 347 g/mol. The molecule has 0 saturated heterocycles. The maximum absolute atomic E-state index is 13.1. The molecule has 0 aliphatic carbocycles. The Bertz CT molecular complexity index is 674. The van der Waals surface area contributed by atoms with Gasteiger partial charge in [0.15, 0.2) is 0 Å². The third-order valence-electron chi connectivity index (χ3n) is 4.56. The first-order valence-electron chi connectivity index (χ1n) is 8.39. The maximum Gasteiger partial charge on any atom is 0.327 e. The van der Waals surface area contributed by atoms with E-state index in [9.17, 15) is 19.5 Å². The summed E-state index contributed by atoms with van der Waals surface area (Å²) in [6, 6.07) is 4.96. The fourth-order valence-electron chi connectivity index (χ4n) is 2.93. The van der Waals surface area contributed by atoms with E-state index in [1.165, 1.54) is 4.90 Å². The lowest BCUT2D eigenvalue weighted by molar-refractivity contribution is -0.140. The zero-order valence-corrected chi connectivity index (χ0v) is 14.9. The van der Waals surface area contributed by atoms with Crippen LogP contribution in [0, 0.1) is 5.92 Å². The first-order chi connectivity index (χ1) is 11.8. The number of carboxylic acids is 1. The molecule has 3 atom stereocenters. The summed E-state index contributed by atoms with van der Waals surface area (Å²) >= 11 is 0. The normalized spacial score (nSPS) is 18.6. The quantitative estimate of drug-likeness (QED) is 0.706. The van der Waals surface area contributed by atoms with E-state index < -0.39 is 30.0 Å². The van der Waals surface area contributed by atoms with Crippen LogP contribution in [0.4, 0.5) is 5.69 Å². The van der Waals surface area contributed by atoms with Gasteiger partial charge in [0.2, 0.25) is 5.91 Å². The van der Waals surface area contributed by atoms with E-state index in [4.69, 9.17) is 0 Å². The van der Waals surface area contributed by atoms with Crippen molar-refractivity contribution in [2.24, 2.45) is 5.92 Å². The number of carbonyl (C=O) groups is 3. The van der Waals surface area contributed by atoms with Gasteiger partial charge in [-0.05, 0) is 31.5 Å². The largest absolute Gasteiger partial charge is 0.480 e. The number of carboxylic acid groups (broad SMARTS) is 1. The number of carbonyl (C=O) groups excluding carboxylic acids is 2. The van der Waals surface area contributed by atoms with Crippen molar-refractivity contribution >= 4 is 23.5 Å². The van der Waals surface area contributed by atoms with Crippen LogP contribution >= 0.6 is 0 Å². The van der Waals surface area contributed by atoms with Crippen LogP contribution in [0.5, 0.6) is 0 Å². The summed E-state index contributed by atoms with van der Waals surface area (Å²) in [5, 5.41) is 15.1. The van der Waals surface area contributed by atoms with Crippen LogP contribution in [0.2, 0.25) is 0 Å². The SMILES string of the molecule is CN[C@@H](C)C(=O)N[C@H](C(=O)N1c2ccccc2C[C@H]1C(=O)O)C(C)C. The second kappa shape index (κ2) is 7.65. The number of amides is 2. The Morgan fingerprint density at radius 3 is 2.40 bits per heavy atom. The van der Waals surface area contributed by atoms with Gasteiger partial charge in [-0.1, -0.05) is 32.0 Å². The molecule has 0 spiro atoms. The molecule has 1 heterocycles. The van der Waals surface area contributed by atoms with E-state index in [1.54, 1.807) is 26.1 Å². The number of rotatable bonds is 6. The fourth-order valence-corrected chi connectivity index (χ4v) is 2.93. The van der Waals surface area contributed by atoms with Gasteiger partial charge in [0.25, 0.3) is 5.91 Å². The minimum absolute atomic E-state index is 0.178. The van der Waals surface area contributed by atoms with Gasteiger partial charge >= 0.3 is 5.97 Å². The molecule has 1 aromatic rings. The first kappa shape index (κ1) is 18.9. The van der Waals surface area contributed by atoms with E-state index in [0.29, 0.717) is 5.69 Å². The number of nitrogens with zero attached hydrogens (tertiary/aromatic N) is 1. The molecular weight excluding hydrogens is 322 g/mol. The van der Waals surface area contributed by atoms with Crippen molar-refractivity contribution in [3.05, 3.63) is 29.8 Å². The number of hydrogen-bond donors (Lipinski definition) is 3. The molecule has 2 amide bonds. The van der Waals surface area contributed by atoms with E-state index in [0.717, 1.165) is 5.56 Å². The van der Waals surface area contributed by atoms with Crippen LogP contribution < -0.4 is 15.5 Å². The summed E-state index contributed by atoms with van der Waals surface area (Å²) in [4.78, 5) is 38.3. The van der Waals surface area contributed by atoms with E-state index in [1.807, 2.05) is 26.0 Å². The molecule has 1 aromatic carbocycles. The van der Waals surface area contributed by atoms with Gasteiger partial charge in [-0.15, -0.1) is 0 Å². The highest BCUT2D eigenvalue weighted by atomic mass is 16.4. The predicted octanol–water partition coefficient (Wildman–Crippen LogP) is 0.778. The van der Waals surface area contributed by atoms with Gasteiger partial charge in [-0.2, -0.15) is 0 Å². The maximum atomic E-state index is 13.1. The number of hydrogen-bond acceptors (Lipinski definition) is 4. The van der Waals surface area contributed by atoms with E-state index >= 15 is 0 Å². The third-order valence-corrected chi connectivity index (χ3v) is 4.56. The Morgan fingerprint density at radius 1 is 1.20 bits per heavy atom. The number of para-hydroxylation sites is 1. The molecule has 0 saturated carbocycles. The summed E-state index contributed by atoms with van der Waals surface area (Å²) in [6.45, 7) is 5.34. The minimum Gasteiger partial charge on any atom is -0.480 e. The van der Waals surface area contributed by atoms with Crippen LogP contribution in [-0.4, -0.2) is 48.1 Å². The monoisotopic (exact) mass is 347 g/mol. The minimum atomic E-state index is -1.05. The molecule has 1 aliphatic heterocycles. The van der Waals surface area contributed by atoms with Crippen LogP contribution in [-0.2, 0) is 20.8 Å². The Hall–Kier alpha value is -2.41. The molecule has 0 fully saturated rings. The Kier molecular flexibility index (Phi) is 5.79. The number of fused-ring (bicyclic) bond motifs is 1. The topological polar surface area (TPSA) is 98.7 Å². The van der Waals surface area contributed by atoms with Crippen LogP contribution in [0.1, 0.15) is 26.3 Å². The summed E-state index contributed by atoms with van der Waals surface area (Å²) in [7, 11) is 1.66. The van der Waals surface area contributed by atoms with E-state index in [-0.39, 0.29) is 18.2 Å². The average Bonchev–Trinajstić information content (AvgIpc) is 2.97. The highest BCUT2D eigenvalue weighted by Gasteiger charge is 2.42. The molecule has 1 aliphatic rings. The van der Waals surface area contributed by atoms with Crippen molar-refractivity contribution in [2.75, 3.05) is 11.9 Å². The highest BCUT2D eigenvalue weighted by Crippen LogP contribution is 2.33. The molecule has 25 heavy (non-hydrogen) atoms. The van der Waals surface area contributed by atoms with Gasteiger partial charge in [0.1, 0.15) is 12.1 Å². The summed E-state index contributed by atoms with van der Waals surface area (Å²) in [5.74, 6) is -1.93. The molecule has 2 rings (SSSR count). The zero-order valence-electron chi connectivity index (χ0n) is 14.9. The fraction of sp³-hybridized carbons (Fsp3) is 0.500. The zero-order chi connectivity index (χ0) is 18.7. The lowest BCUT2D eigenvalue weighted by Crippen LogP contribution is -2.57. The second-order valence-corrected chi connectivity index (χ2v) is 6.64. The van der Waals surface area contributed by atoms with E-state index in [2.05, 4.69) is 10.6 Å². The molecule has 136 valence electrons. The van der Waals surface area contributed by atoms with Crippen LogP contribution in [0.3, 0.4) is 0 Å². The van der Waals surface area contributed by atoms with Gasteiger partial charge in [-0.25, -0.2) is 4.79 Å². The smallest absolute Gasteiger partial charge is 0.327 e. The third kappa shape index (κ3) is 3.82. The van der Waals surface area contributed by atoms with Gasteiger partial charge < -0.3 is 15.7 Å². The number of benzene rings is 1. The molecular formula is C18H25N3O4. The number of anilines is 1. The second-order valence-electron chi connectivity index (χ2n) is 6.64. The molecule has 7 nitrogen and oxygen atoms in total. The lowest BCUT2D eigenvalue weighted by Gasteiger charge is -2.30. The Labute approximate surface area is 147 Å². The van der Waals surface area contributed by atoms with Crippen molar-refractivity contribution in [1.82, 2.24) is 10.6 Å². The van der Waals surface area contributed by atoms with Gasteiger partial charge in [-0.3, -0.25) is 14.5 Å². The number of likely N-dealkylation sites (N-methyl/N-ethyl adjacent to an activating group) is 1. The predicted molar refractivity (Wildman–Crippen MR) is 94.3 cm³/mol. The van der Waals surface area contributed by atoms with Crippen molar-refractivity contribution in [3.63, 3.8) is 0 Å². The summed E-state index contributed by atoms with van der Waals surface area (Å²) in [5.41, 5.74) is 1.42. The van der Waals surface area contributed by atoms with Crippen molar-refractivity contribution in [2.45, 2.75) is 45.3 Å². The number of nitrogens with one attached hydrogen (secondary N) is 2. The van der Waals surface area contributed by atoms with Crippen LogP contribution in [0.15, 0.2) is 24.3 Å². The first-order valence-corrected chi connectivity index (χ1v) is 8.39. The molecule has 7 heteroatoms. The molecule has 0 bridgehead atoms.